The SMILES string of the molecule is C/C=C/CC/C=C/CC/C=C/C(O)C(COC1OC(CO)C(O)C(O)C1O)NC(=O)CCCCCCCCCCCC/C=C\CCCCCCCCCCCCCCOC(=O)CCCCCCCCCCCCCCCCCCC. The molecule has 468 valence electrons. The highest BCUT2D eigenvalue weighted by atomic mass is 16.7. The Morgan fingerprint density at radius 3 is 1.31 bits per heavy atom. The highest BCUT2D eigenvalue weighted by Gasteiger charge is 2.44. The molecule has 6 N–H and O–H groups in total. The van der Waals surface area contributed by atoms with Crippen LogP contribution >= 0.6 is 0 Å². The maximum Gasteiger partial charge on any atom is 0.305 e. The lowest BCUT2D eigenvalue weighted by Gasteiger charge is -2.40. The van der Waals surface area contributed by atoms with Gasteiger partial charge in [0.1, 0.15) is 24.4 Å². The first kappa shape index (κ1) is 75.6. The van der Waals surface area contributed by atoms with E-state index in [1.165, 1.54) is 218 Å². The quantitative estimate of drug-likeness (QED) is 0.0195. The van der Waals surface area contributed by atoms with Gasteiger partial charge < -0.3 is 45.1 Å². The first-order chi connectivity index (χ1) is 39.2. The summed E-state index contributed by atoms with van der Waals surface area (Å²) in [5, 5.41) is 54.2. The zero-order valence-electron chi connectivity index (χ0n) is 51.8. The van der Waals surface area contributed by atoms with Gasteiger partial charge in [-0.15, -0.1) is 0 Å². The van der Waals surface area contributed by atoms with Gasteiger partial charge in [0.15, 0.2) is 6.29 Å². The van der Waals surface area contributed by atoms with E-state index in [1.807, 2.05) is 19.1 Å². The number of esters is 1. The molecule has 0 saturated carbocycles. The number of aliphatic hydroxyl groups is 5. The first-order valence-corrected chi connectivity index (χ1v) is 33.9. The van der Waals surface area contributed by atoms with Gasteiger partial charge in [0.2, 0.25) is 5.91 Å². The maximum atomic E-state index is 13.0. The Morgan fingerprint density at radius 2 is 0.863 bits per heavy atom. The number of carbonyl (C=O) groups excluding carboxylic acids is 2. The van der Waals surface area contributed by atoms with Crippen LogP contribution in [-0.4, -0.2) is 100 Å². The van der Waals surface area contributed by atoms with Crippen molar-refractivity contribution in [3.05, 3.63) is 48.6 Å². The van der Waals surface area contributed by atoms with Crippen molar-refractivity contribution in [3.8, 4) is 0 Å². The van der Waals surface area contributed by atoms with Gasteiger partial charge in [0.25, 0.3) is 0 Å². The number of hydrogen-bond acceptors (Lipinski definition) is 10. The molecule has 1 aliphatic rings. The summed E-state index contributed by atoms with van der Waals surface area (Å²) in [6, 6.07) is -0.835. The normalized spacial score (nSPS) is 18.6. The Labute approximate surface area is 491 Å². The number of hydrogen-bond donors (Lipinski definition) is 6. The smallest absolute Gasteiger partial charge is 0.305 e. The number of unbranched alkanes of at least 4 members (excludes halogenated alkanes) is 40. The van der Waals surface area contributed by atoms with Gasteiger partial charge in [-0.05, 0) is 77.6 Å². The van der Waals surface area contributed by atoms with Crippen LogP contribution < -0.4 is 5.32 Å². The van der Waals surface area contributed by atoms with Crippen molar-refractivity contribution >= 4 is 11.9 Å². The van der Waals surface area contributed by atoms with E-state index in [0.717, 1.165) is 70.6 Å². The molecule has 11 heteroatoms. The number of ether oxygens (including phenoxy) is 3. The second-order valence-electron chi connectivity index (χ2n) is 23.5. The first-order valence-electron chi connectivity index (χ1n) is 33.9. The van der Waals surface area contributed by atoms with Crippen molar-refractivity contribution in [2.45, 2.75) is 358 Å². The molecule has 0 spiro atoms. The van der Waals surface area contributed by atoms with Crippen molar-refractivity contribution in [3.63, 3.8) is 0 Å². The van der Waals surface area contributed by atoms with Crippen LogP contribution in [0.4, 0.5) is 0 Å². The average molecular weight is 1130 g/mol. The monoisotopic (exact) mass is 1130 g/mol. The molecule has 1 rings (SSSR count). The Balaban J connectivity index is 1.93. The summed E-state index contributed by atoms with van der Waals surface area (Å²) in [6.45, 7) is 4.11. The van der Waals surface area contributed by atoms with E-state index >= 15 is 0 Å². The average Bonchev–Trinajstić information content (AvgIpc) is 3.46. The highest BCUT2D eigenvalue weighted by Crippen LogP contribution is 2.23. The molecule has 1 amide bonds. The van der Waals surface area contributed by atoms with Crippen LogP contribution in [0, 0.1) is 0 Å². The van der Waals surface area contributed by atoms with E-state index in [4.69, 9.17) is 14.2 Å². The minimum absolute atomic E-state index is 0.00752. The van der Waals surface area contributed by atoms with E-state index < -0.39 is 49.5 Å². The highest BCUT2D eigenvalue weighted by molar-refractivity contribution is 5.76. The van der Waals surface area contributed by atoms with Crippen LogP contribution in [-0.2, 0) is 23.8 Å². The van der Waals surface area contributed by atoms with Gasteiger partial charge in [-0.3, -0.25) is 9.59 Å². The zero-order chi connectivity index (χ0) is 58.0. The lowest BCUT2D eigenvalue weighted by molar-refractivity contribution is -0.302. The van der Waals surface area contributed by atoms with Crippen LogP contribution in [0.3, 0.4) is 0 Å². The number of allylic oxidation sites excluding steroid dienone is 7. The molecule has 1 saturated heterocycles. The number of carbonyl (C=O) groups is 2. The largest absolute Gasteiger partial charge is 0.466 e. The molecule has 0 aromatic rings. The third-order valence-electron chi connectivity index (χ3n) is 16.0. The van der Waals surface area contributed by atoms with Crippen LogP contribution in [0.2, 0.25) is 0 Å². The fourth-order valence-electron chi connectivity index (χ4n) is 10.6. The fraction of sp³-hybridized carbons (Fsp3) is 0.855. The van der Waals surface area contributed by atoms with Gasteiger partial charge >= 0.3 is 5.97 Å². The van der Waals surface area contributed by atoms with Gasteiger partial charge in [-0.2, -0.15) is 0 Å². The number of aliphatic hydroxyl groups excluding tert-OH is 5. The van der Waals surface area contributed by atoms with Gasteiger partial charge in [0, 0.05) is 12.8 Å². The van der Waals surface area contributed by atoms with Gasteiger partial charge in [-0.25, -0.2) is 0 Å². The third kappa shape index (κ3) is 47.0. The molecular weight excluding hydrogens is 1000 g/mol. The fourth-order valence-corrected chi connectivity index (χ4v) is 10.6. The lowest BCUT2D eigenvalue weighted by atomic mass is 9.99. The van der Waals surface area contributed by atoms with E-state index in [-0.39, 0.29) is 18.5 Å². The lowest BCUT2D eigenvalue weighted by Crippen LogP contribution is -2.60. The Kier molecular flexibility index (Phi) is 55.2. The Hall–Kier alpha value is -2.38. The summed E-state index contributed by atoms with van der Waals surface area (Å²) in [4.78, 5) is 25.1. The Bertz CT molecular complexity index is 1470. The van der Waals surface area contributed by atoms with Crippen molar-refractivity contribution in [1.29, 1.82) is 0 Å². The molecule has 80 heavy (non-hydrogen) atoms. The van der Waals surface area contributed by atoms with Crippen molar-refractivity contribution in [2.24, 2.45) is 0 Å². The van der Waals surface area contributed by atoms with E-state index in [1.54, 1.807) is 6.08 Å². The third-order valence-corrected chi connectivity index (χ3v) is 16.0. The molecule has 11 nitrogen and oxygen atoms in total. The summed E-state index contributed by atoms with van der Waals surface area (Å²) in [5.41, 5.74) is 0. The van der Waals surface area contributed by atoms with E-state index in [9.17, 15) is 35.1 Å². The van der Waals surface area contributed by atoms with E-state index in [0.29, 0.717) is 19.4 Å². The number of rotatable bonds is 59. The molecule has 1 heterocycles. The molecule has 0 radical (unpaired) electrons. The number of amides is 1. The second kappa shape index (κ2) is 58.4. The van der Waals surface area contributed by atoms with Crippen LogP contribution in [0.25, 0.3) is 0 Å². The molecular formula is C69H127NO10. The summed E-state index contributed by atoms with van der Waals surface area (Å²) >= 11 is 0. The predicted octanol–water partition coefficient (Wildman–Crippen LogP) is 16.8. The Morgan fingerprint density at radius 1 is 0.475 bits per heavy atom. The number of nitrogens with one attached hydrogen (secondary N) is 1. The zero-order valence-corrected chi connectivity index (χ0v) is 51.8. The summed E-state index contributed by atoms with van der Waals surface area (Å²) < 4.78 is 16.7. The molecule has 0 aliphatic carbocycles. The van der Waals surface area contributed by atoms with Crippen LogP contribution in [0.1, 0.15) is 316 Å². The molecule has 0 bridgehead atoms. The van der Waals surface area contributed by atoms with Crippen molar-refractivity contribution in [1.82, 2.24) is 5.32 Å². The predicted molar refractivity (Wildman–Crippen MR) is 334 cm³/mol. The minimum Gasteiger partial charge on any atom is -0.466 e. The van der Waals surface area contributed by atoms with Crippen molar-refractivity contribution in [2.75, 3.05) is 19.8 Å². The molecule has 0 aromatic heterocycles. The molecule has 7 atom stereocenters. The van der Waals surface area contributed by atoms with Crippen LogP contribution in [0.15, 0.2) is 48.6 Å². The topological polar surface area (TPSA) is 175 Å². The van der Waals surface area contributed by atoms with Gasteiger partial charge in [-0.1, -0.05) is 274 Å². The summed E-state index contributed by atoms with van der Waals surface area (Å²) in [5.74, 6) is -0.194. The molecule has 7 unspecified atom stereocenters. The molecule has 1 aliphatic heterocycles. The second-order valence-corrected chi connectivity index (χ2v) is 23.5. The van der Waals surface area contributed by atoms with Crippen LogP contribution in [0.5, 0.6) is 0 Å². The molecule has 1 fully saturated rings. The molecule has 0 aromatic carbocycles. The summed E-state index contributed by atoms with van der Waals surface area (Å²) in [7, 11) is 0. The standard InChI is InChI=1S/C69H127NO10/c1-3-5-7-9-11-13-14-15-16-27-31-34-37-41-45-49-53-57-65(74)78-58-54-50-46-42-38-35-32-29-26-24-22-20-18-17-19-21-23-25-28-30-33-36-40-44-48-52-56-64(73)70-61(62(72)55-51-47-43-39-12-10-8-6-4-2)60-79-69-68(77)67(76)66(75)63(59-71)80-69/h4,6,12,17,19,39,51,55,61-63,66-69,71-72,75-77H,3,5,7-11,13-16,18,20-38,40-50,52-54,56-60H2,1-2H3,(H,70,73)/b6-4+,19-17-,39-12+,55-51+. The van der Waals surface area contributed by atoms with E-state index in [2.05, 4.69) is 42.6 Å². The van der Waals surface area contributed by atoms with Crippen molar-refractivity contribution < 1.29 is 49.3 Å². The minimum atomic E-state index is -1.58. The van der Waals surface area contributed by atoms with Gasteiger partial charge in [0.05, 0.1) is 32.0 Å². The maximum absolute atomic E-state index is 13.0. The summed E-state index contributed by atoms with van der Waals surface area (Å²) in [6.07, 6.45) is 65.6.